The van der Waals surface area contributed by atoms with Crippen LogP contribution in [-0.2, 0) is 4.79 Å². The zero-order valence-corrected chi connectivity index (χ0v) is 5.61. The average molecular weight is 154 g/mol. The Morgan fingerprint density at radius 1 is 1.64 bits per heavy atom. The fraction of sp³-hybridized carbons (Fsp3) is 0.167. The summed E-state index contributed by atoms with van der Waals surface area (Å²) in [4.78, 5) is 20.2. The van der Waals surface area contributed by atoms with Crippen LogP contribution < -0.4 is 5.73 Å². The Kier molecular flexibility index (Phi) is 1.72. The van der Waals surface area contributed by atoms with E-state index in [0.717, 1.165) is 6.08 Å². The van der Waals surface area contributed by atoms with Crippen LogP contribution in [0.2, 0.25) is 0 Å². The second-order valence-corrected chi connectivity index (χ2v) is 2.12. The molecule has 5 heteroatoms. The van der Waals surface area contributed by atoms with E-state index in [0.29, 0.717) is 0 Å². The minimum absolute atomic E-state index is 0.0644. The third kappa shape index (κ3) is 1.43. The zero-order chi connectivity index (χ0) is 8.43. The van der Waals surface area contributed by atoms with E-state index in [1.165, 1.54) is 6.08 Å². The molecule has 0 bridgehead atoms. The van der Waals surface area contributed by atoms with Gasteiger partial charge in [-0.15, -0.1) is 0 Å². The van der Waals surface area contributed by atoms with Crippen LogP contribution in [0.4, 0.5) is 0 Å². The summed E-state index contributed by atoms with van der Waals surface area (Å²) in [6, 6.07) is 0. The van der Waals surface area contributed by atoms with Gasteiger partial charge in [-0.05, 0) is 6.08 Å². The fourth-order valence-electron chi connectivity index (χ4n) is 0.768. The van der Waals surface area contributed by atoms with Gasteiger partial charge in [0.15, 0.2) is 5.78 Å². The number of carbonyl (C=O) groups excluding carboxylic acids is 1. The highest BCUT2D eigenvalue weighted by Gasteiger charge is 2.19. The highest BCUT2D eigenvalue weighted by molar-refractivity contribution is 5.93. The largest absolute Gasteiger partial charge is 0.393 e. The summed E-state index contributed by atoms with van der Waals surface area (Å²) in [6.07, 6.45) is 2.46. The molecule has 0 spiro atoms. The molecule has 5 nitrogen and oxygen atoms in total. The summed E-state index contributed by atoms with van der Waals surface area (Å²) in [5.41, 5.74) is 5.00. The summed E-state index contributed by atoms with van der Waals surface area (Å²) >= 11 is 0. The first-order valence-corrected chi connectivity index (χ1v) is 2.96. The minimum Gasteiger partial charge on any atom is -0.393 e. The van der Waals surface area contributed by atoms with E-state index < -0.39 is 4.92 Å². The van der Waals surface area contributed by atoms with Crippen LogP contribution in [0.15, 0.2) is 23.5 Å². The molecule has 0 aromatic carbocycles. The molecule has 0 amide bonds. The summed E-state index contributed by atoms with van der Waals surface area (Å²) in [6.45, 7) is 0. The van der Waals surface area contributed by atoms with E-state index in [2.05, 4.69) is 0 Å². The highest BCUT2D eigenvalue weighted by Crippen LogP contribution is 2.11. The average Bonchev–Trinajstić information content (AvgIpc) is 1.94. The Hall–Kier alpha value is -1.65. The molecule has 0 fully saturated rings. The fourth-order valence-corrected chi connectivity index (χ4v) is 0.768. The van der Waals surface area contributed by atoms with Gasteiger partial charge in [-0.3, -0.25) is 14.9 Å². The van der Waals surface area contributed by atoms with E-state index >= 15 is 0 Å². The predicted molar refractivity (Wildman–Crippen MR) is 37.0 cm³/mol. The van der Waals surface area contributed by atoms with Gasteiger partial charge in [0.1, 0.15) is 5.70 Å². The van der Waals surface area contributed by atoms with Crippen molar-refractivity contribution in [2.75, 3.05) is 0 Å². The lowest BCUT2D eigenvalue weighted by molar-refractivity contribution is -0.421. The van der Waals surface area contributed by atoms with Crippen molar-refractivity contribution >= 4 is 5.78 Å². The van der Waals surface area contributed by atoms with Gasteiger partial charge in [0.2, 0.25) is 0 Å². The van der Waals surface area contributed by atoms with Crippen LogP contribution in [0.3, 0.4) is 0 Å². The van der Waals surface area contributed by atoms with Crippen molar-refractivity contribution in [2.45, 2.75) is 6.42 Å². The number of hydrogen-bond acceptors (Lipinski definition) is 4. The van der Waals surface area contributed by atoms with Gasteiger partial charge in [0.05, 0.1) is 11.0 Å². The topological polar surface area (TPSA) is 86.2 Å². The summed E-state index contributed by atoms with van der Waals surface area (Å²) in [7, 11) is 0. The number of nitro groups is 1. The van der Waals surface area contributed by atoms with Crippen molar-refractivity contribution in [3.05, 3.63) is 33.7 Å². The Morgan fingerprint density at radius 3 is 2.73 bits per heavy atom. The van der Waals surface area contributed by atoms with Gasteiger partial charge in [0, 0.05) is 6.42 Å². The van der Waals surface area contributed by atoms with Gasteiger partial charge in [-0.1, -0.05) is 0 Å². The Balaban J connectivity index is 2.99. The molecule has 0 heterocycles. The van der Waals surface area contributed by atoms with E-state index in [1.807, 2.05) is 0 Å². The molecular formula is C6H6N2O3. The zero-order valence-electron chi connectivity index (χ0n) is 5.61. The second kappa shape index (κ2) is 2.53. The molecule has 0 saturated heterocycles. The number of carbonyl (C=O) groups is 1. The van der Waals surface area contributed by atoms with Crippen LogP contribution in [-0.4, -0.2) is 10.7 Å². The van der Waals surface area contributed by atoms with Crippen molar-refractivity contribution in [1.29, 1.82) is 0 Å². The van der Waals surface area contributed by atoms with Crippen LogP contribution >= 0.6 is 0 Å². The van der Waals surface area contributed by atoms with Crippen LogP contribution in [0.1, 0.15) is 6.42 Å². The molecule has 1 rings (SSSR count). The number of allylic oxidation sites excluding steroid dienone is 2. The molecular weight excluding hydrogens is 148 g/mol. The maximum atomic E-state index is 10.6. The monoisotopic (exact) mass is 154 g/mol. The van der Waals surface area contributed by atoms with Crippen molar-refractivity contribution in [3.8, 4) is 0 Å². The van der Waals surface area contributed by atoms with Crippen molar-refractivity contribution in [2.24, 2.45) is 5.73 Å². The lowest BCUT2D eigenvalue weighted by Gasteiger charge is -2.02. The van der Waals surface area contributed by atoms with Gasteiger partial charge >= 0.3 is 0 Å². The number of ketones is 1. The first-order valence-electron chi connectivity index (χ1n) is 2.96. The normalized spacial score (nSPS) is 17.3. The first kappa shape index (κ1) is 7.46. The maximum absolute atomic E-state index is 10.6. The molecule has 0 aromatic rings. The number of nitrogens with two attached hydrogens (primary N) is 1. The van der Waals surface area contributed by atoms with Gasteiger partial charge < -0.3 is 5.73 Å². The lowest BCUT2D eigenvalue weighted by atomic mass is 10.1. The molecule has 2 N–H and O–H groups in total. The number of hydrogen-bond donors (Lipinski definition) is 1. The Bertz CT molecular complexity index is 278. The molecule has 0 unspecified atom stereocenters. The van der Waals surface area contributed by atoms with E-state index in [1.54, 1.807) is 0 Å². The molecule has 1 aliphatic rings. The third-order valence-corrected chi connectivity index (χ3v) is 1.31. The maximum Gasteiger partial charge on any atom is 0.295 e. The minimum atomic E-state index is -0.664. The molecule has 0 aromatic heterocycles. The molecule has 0 radical (unpaired) electrons. The molecule has 0 aliphatic heterocycles. The predicted octanol–water partition coefficient (Wildman–Crippen LogP) is -0.0376. The quantitative estimate of drug-likeness (QED) is 0.424. The van der Waals surface area contributed by atoms with Crippen LogP contribution in [0, 0.1) is 10.1 Å². The SMILES string of the molecule is NC1=CCC(=O)C=C1[N+](=O)[O-]. The van der Waals surface area contributed by atoms with Crippen molar-refractivity contribution < 1.29 is 9.72 Å². The van der Waals surface area contributed by atoms with E-state index in [-0.39, 0.29) is 23.6 Å². The summed E-state index contributed by atoms with van der Waals surface area (Å²) < 4.78 is 0. The summed E-state index contributed by atoms with van der Waals surface area (Å²) in [5, 5.41) is 10.2. The third-order valence-electron chi connectivity index (χ3n) is 1.31. The van der Waals surface area contributed by atoms with E-state index in [4.69, 9.17) is 5.73 Å². The lowest BCUT2D eigenvalue weighted by Crippen LogP contribution is -2.15. The molecule has 0 atom stereocenters. The van der Waals surface area contributed by atoms with Gasteiger partial charge in [0.25, 0.3) is 5.70 Å². The molecule has 11 heavy (non-hydrogen) atoms. The molecule has 0 saturated carbocycles. The summed E-state index contributed by atoms with van der Waals surface area (Å²) in [5.74, 6) is -0.286. The van der Waals surface area contributed by atoms with Crippen LogP contribution in [0.5, 0.6) is 0 Å². The highest BCUT2D eigenvalue weighted by atomic mass is 16.6. The Labute approximate surface area is 62.3 Å². The number of rotatable bonds is 1. The first-order chi connectivity index (χ1) is 5.11. The van der Waals surface area contributed by atoms with Crippen molar-refractivity contribution in [3.63, 3.8) is 0 Å². The van der Waals surface area contributed by atoms with Crippen molar-refractivity contribution in [1.82, 2.24) is 0 Å². The number of nitrogens with zero attached hydrogens (tertiary/aromatic N) is 1. The second-order valence-electron chi connectivity index (χ2n) is 2.12. The van der Waals surface area contributed by atoms with Crippen LogP contribution in [0.25, 0.3) is 0 Å². The molecule has 58 valence electrons. The van der Waals surface area contributed by atoms with Gasteiger partial charge in [-0.2, -0.15) is 0 Å². The smallest absolute Gasteiger partial charge is 0.295 e. The van der Waals surface area contributed by atoms with Gasteiger partial charge in [-0.25, -0.2) is 0 Å². The molecule has 1 aliphatic carbocycles. The van der Waals surface area contributed by atoms with E-state index in [9.17, 15) is 14.9 Å². The Morgan fingerprint density at radius 2 is 2.27 bits per heavy atom. The standard InChI is InChI=1S/C6H6N2O3/c7-5-2-1-4(9)3-6(5)8(10)11/h2-3H,1,7H2.